The molecule has 1 N–H and O–H groups in total. The van der Waals surface area contributed by atoms with E-state index in [4.69, 9.17) is 21.1 Å². The Balaban J connectivity index is 1.67. The minimum atomic E-state index is -5.17. The van der Waals surface area contributed by atoms with E-state index in [-0.39, 0.29) is 46.3 Å². The number of benzene rings is 4. The number of ether oxygens (including phenoxy) is 3. The molecule has 2 aliphatic rings. The minimum Gasteiger partial charge on any atom is -0.497 e. The first kappa shape index (κ1) is 36.2. The van der Waals surface area contributed by atoms with Crippen LogP contribution in [0.3, 0.4) is 0 Å². The number of carbonyl (C=O) groups is 2. The number of hydrogen-bond donors (Lipinski definition) is 1. The van der Waals surface area contributed by atoms with Gasteiger partial charge in [0.1, 0.15) is 16.4 Å². The maximum absolute atomic E-state index is 15.6. The van der Waals surface area contributed by atoms with E-state index in [9.17, 15) is 27.3 Å². The van der Waals surface area contributed by atoms with Crippen molar-refractivity contribution >= 4 is 40.1 Å². The van der Waals surface area contributed by atoms with Crippen LogP contribution in [0.15, 0.2) is 89.8 Å². The Kier molecular flexibility index (Phi) is 9.81. The van der Waals surface area contributed by atoms with Gasteiger partial charge in [-0.1, -0.05) is 48.0 Å². The SMILES string of the molecule is COc1ccc(S(=O)N2C(=O)C(c3cc(-c4ccccc4)ccc3OC)(N3C[C@H](O)C[C@H]3C(=O)N(C)C)c3cc(Cl)ccc32)c(OC(F)(F)F)c1. The van der Waals surface area contributed by atoms with Crippen LogP contribution in [0.1, 0.15) is 17.5 Å². The highest BCUT2D eigenvalue weighted by molar-refractivity contribution is 7.87. The number of alkyl halides is 3. The van der Waals surface area contributed by atoms with Gasteiger partial charge < -0.3 is 24.2 Å². The maximum Gasteiger partial charge on any atom is 0.573 e. The number of rotatable bonds is 9. The summed E-state index contributed by atoms with van der Waals surface area (Å²) in [6.45, 7) is -0.188. The number of halogens is 4. The molecule has 1 fully saturated rings. The fraction of sp³-hybridized carbons (Fsp3) is 0.278. The standard InChI is InChI=1S/C36H33ClF3N3O7S/c1-41(2)33(45)29-18-24(44)20-42(29)35(27-16-22(10-14-30(27)49-4)21-8-6-5-7-9-21)26-17-23(37)11-13-28(26)43(34(35)46)51(47)32-15-12-25(48-3)19-31(32)50-36(38,39)40/h5-17,19,24,29,44H,18,20H2,1-4H3/t24-,29+,35?,51?/m1/s1. The van der Waals surface area contributed by atoms with Crippen molar-refractivity contribution < 1.29 is 46.3 Å². The number of likely N-dealkylation sites (tertiary alicyclic amines) is 1. The zero-order valence-corrected chi connectivity index (χ0v) is 29.4. The molecule has 0 spiro atoms. The number of aliphatic hydroxyl groups is 1. The predicted octanol–water partition coefficient (Wildman–Crippen LogP) is 5.76. The van der Waals surface area contributed by atoms with E-state index in [1.54, 1.807) is 37.2 Å². The van der Waals surface area contributed by atoms with Crippen molar-refractivity contribution in [3.63, 3.8) is 0 Å². The van der Waals surface area contributed by atoms with E-state index in [0.29, 0.717) is 5.56 Å². The number of hydrogen-bond acceptors (Lipinski definition) is 8. The zero-order chi connectivity index (χ0) is 36.8. The van der Waals surface area contributed by atoms with Crippen molar-refractivity contribution in [2.75, 3.05) is 39.2 Å². The molecule has 4 aromatic rings. The van der Waals surface area contributed by atoms with Crippen molar-refractivity contribution in [2.45, 2.75) is 35.4 Å². The second kappa shape index (κ2) is 13.8. The van der Waals surface area contributed by atoms with Crippen LogP contribution in [-0.4, -0.2) is 84.3 Å². The van der Waals surface area contributed by atoms with Gasteiger partial charge >= 0.3 is 6.36 Å². The summed E-state index contributed by atoms with van der Waals surface area (Å²) in [5.74, 6) is -1.95. The Morgan fingerprint density at radius 2 is 1.67 bits per heavy atom. The van der Waals surface area contributed by atoms with Gasteiger partial charge in [0.2, 0.25) is 5.91 Å². The van der Waals surface area contributed by atoms with Crippen molar-refractivity contribution in [1.29, 1.82) is 0 Å². The molecule has 0 saturated carbocycles. The first-order chi connectivity index (χ1) is 24.2. The van der Waals surface area contributed by atoms with Crippen molar-refractivity contribution in [2.24, 2.45) is 0 Å². The molecule has 0 bridgehead atoms. The largest absolute Gasteiger partial charge is 0.573 e. The van der Waals surface area contributed by atoms with Gasteiger partial charge in [0, 0.05) is 42.9 Å². The van der Waals surface area contributed by atoms with Crippen molar-refractivity contribution in [1.82, 2.24) is 9.80 Å². The molecule has 268 valence electrons. The average molecular weight is 744 g/mol. The van der Waals surface area contributed by atoms with Crippen molar-refractivity contribution in [3.05, 3.63) is 101 Å². The monoisotopic (exact) mass is 743 g/mol. The number of likely N-dealkylation sites (N-methyl/N-ethyl adjacent to an activating group) is 1. The van der Waals surface area contributed by atoms with Crippen molar-refractivity contribution in [3.8, 4) is 28.4 Å². The lowest BCUT2D eigenvalue weighted by molar-refractivity contribution is -0.275. The van der Waals surface area contributed by atoms with E-state index in [2.05, 4.69) is 4.74 Å². The molecule has 51 heavy (non-hydrogen) atoms. The normalized spacial score (nSPS) is 21.0. The van der Waals surface area contributed by atoms with Crippen LogP contribution in [0.2, 0.25) is 5.02 Å². The third-order valence-electron chi connectivity index (χ3n) is 8.92. The fourth-order valence-electron chi connectivity index (χ4n) is 6.78. The maximum atomic E-state index is 15.6. The molecule has 4 aromatic carbocycles. The highest BCUT2D eigenvalue weighted by atomic mass is 35.5. The number of fused-ring (bicyclic) bond motifs is 1. The Bertz CT molecular complexity index is 2020. The van der Waals surface area contributed by atoms with E-state index in [1.165, 1.54) is 43.4 Å². The highest BCUT2D eigenvalue weighted by Gasteiger charge is 2.63. The lowest BCUT2D eigenvalue weighted by Gasteiger charge is -2.42. The smallest absolute Gasteiger partial charge is 0.497 e. The molecule has 0 aromatic heterocycles. The molecule has 1 saturated heterocycles. The fourth-order valence-corrected chi connectivity index (χ4v) is 8.23. The molecule has 2 amide bonds. The Labute approximate surface area is 299 Å². The third-order valence-corrected chi connectivity index (χ3v) is 10.6. The quantitative estimate of drug-likeness (QED) is 0.231. The average Bonchev–Trinajstić information content (AvgIpc) is 3.61. The highest BCUT2D eigenvalue weighted by Crippen LogP contribution is 2.55. The summed E-state index contributed by atoms with van der Waals surface area (Å²) in [6, 6.07) is 21.1. The second-order valence-corrected chi connectivity index (χ2v) is 13.9. The topological polar surface area (TPSA) is 109 Å². The first-order valence-electron chi connectivity index (χ1n) is 15.6. The predicted molar refractivity (Wildman–Crippen MR) is 184 cm³/mol. The molecule has 2 heterocycles. The number of β-amino-alcohol motifs (C(OH)–C–C–N with tert-alkyl or cyclic N) is 1. The van der Waals surface area contributed by atoms with E-state index in [0.717, 1.165) is 22.0 Å². The molecule has 15 heteroatoms. The molecule has 0 aliphatic carbocycles. The third kappa shape index (κ3) is 6.41. The van der Waals surface area contributed by atoms with Crippen LogP contribution in [0.5, 0.6) is 17.2 Å². The van der Waals surface area contributed by atoms with Gasteiger partial charge in [-0.3, -0.25) is 14.5 Å². The number of nitrogens with zero attached hydrogens (tertiary/aromatic N) is 3. The number of aliphatic hydroxyl groups excluding tert-OH is 1. The second-order valence-electron chi connectivity index (χ2n) is 12.2. The number of anilines is 1. The van der Waals surface area contributed by atoms with Gasteiger partial charge in [-0.25, -0.2) is 8.51 Å². The number of amides is 2. The number of carbonyl (C=O) groups excluding carboxylic acids is 2. The van der Waals surface area contributed by atoms with Crippen LogP contribution >= 0.6 is 11.6 Å². The van der Waals surface area contributed by atoms with Gasteiger partial charge in [0.05, 0.1) is 32.1 Å². The van der Waals surface area contributed by atoms with Crippen LogP contribution in [0.4, 0.5) is 18.9 Å². The lowest BCUT2D eigenvalue weighted by Crippen LogP contribution is -2.59. The summed E-state index contributed by atoms with van der Waals surface area (Å²) in [5, 5.41) is 11.3. The van der Waals surface area contributed by atoms with Crippen LogP contribution < -0.4 is 18.5 Å². The molecule has 10 nitrogen and oxygen atoms in total. The van der Waals surface area contributed by atoms with Crippen LogP contribution in [0, 0.1) is 0 Å². The molecule has 2 aliphatic heterocycles. The van der Waals surface area contributed by atoms with Crippen LogP contribution in [0.25, 0.3) is 11.1 Å². The molecule has 2 unspecified atom stereocenters. The Morgan fingerprint density at radius 1 is 0.941 bits per heavy atom. The Hall–Kier alpha value is -4.63. The summed E-state index contributed by atoms with van der Waals surface area (Å²) in [6.07, 6.45) is -6.29. The summed E-state index contributed by atoms with van der Waals surface area (Å²) in [7, 11) is 3.05. The molecule has 4 atom stereocenters. The molecule has 0 radical (unpaired) electrons. The van der Waals surface area contributed by atoms with Gasteiger partial charge in [0.15, 0.2) is 22.3 Å². The summed E-state index contributed by atoms with van der Waals surface area (Å²) < 4.78 is 71.7. The first-order valence-corrected chi connectivity index (χ1v) is 17.1. The molecular formula is C36H33ClF3N3O7S. The van der Waals surface area contributed by atoms with Gasteiger partial charge in [-0.2, -0.15) is 0 Å². The van der Waals surface area contributed by atoms with E-state index < -0.39 is 57.5 Å². The number of methoxy groups -OCH3 is 2. The summed E-state index contributed by atoms with van der Waals surface area (Å²) in [5.41, 5.74) is -0.157. The molecular weight excluding hydrogens is 711 g/mol. The minimum absolute atomic E-state index is 0.0113. The van der Waals surface area contributed by atoms with Gasteiger partial charge in [-0.05, 0) is 60.0 Å². The van der Waals surface area contributed by atoms with E-state index >= 15 is 4.79 Å². The van der Waals surface area contributed by atoms with E-state index in [1.807, 2.05) is 30.3 Å². The zero-order valence-electron chi connectivity index (χ0n) is 27.8. The summed E-state index contributed by atoms with van der Waals surface area (Å²) in [4.78, 5) is 31.8. The summed E-state index contributed by atoms with van der Waals surface area (Å²) >= 11 is 6.61. The van der Waals surface area contributed by atoms with Crippen LogP contribution in [-0.2, 0) is 26.1 Å². The van der Waals surface area contributed by atoms with Gasteiger partial charge in [-0.15, -0.1) is 13.2 Å². The van der Waals surface area contributed by atoms with Gasteiger partial charge in [0.25, 0.3) is 5.91 Å². The molecule has 6 rings (SSSR count). The Morgan fingerprint density at radius 3 is 2.31 bits per heavy atom. The lowest BCUT2D eigenvalue weighted by atomic mass is 9.79.